The Balaban J connectivity index is 1.60. The van der Waals surface area contributed by atoms with Gasteiger partial charge < -0.3 is 9.26 Å². The van der Waals surface area contributed by atoms with Gasteiger partial charge in [-0.15, -0.1) is 11.3 Å². The SMILES string of the molecule is O=C(Cc1cccs1)OCc1cc(-c2ccccc2F)on1. The zero-order valence-electron chi connectivity index (χ0n) is 11.5. The highest BCUT2D eigenvalue weighted by Crippen LogP contribution is 2.23. The number of hydrogen-bond donors (Lipinski definition) is 0. The summed E-state index contributed by atoms with van der Waals surface area (Å²) in [6, 6.07) is 11.6. The van der Waals surface area contributed by atoms with Crippen LogP contribution in [0.5, 0.6) is 0 Å². The zero-order chi connectivity index (χ0) is 15.4. The second-order valence-corrected chi connectivity index (χ2v) is 5.61. The van der Waals surface area contributed by atoms with E-state index >= 15 is 0 Å². The molecule has 0 unspecified atom stereocenters. The highest BCUT2D eigenvalue weighted by Gasteiger charge is 2.12. The van der Waals surface area contributed by atoms with E-state index in [0.29, 0.717) is 17.0 Å². The van der Waals surface area contributed by atoms with Crippen molar-refractivity contribution in [3.05, 3.63) is 64.2 Å². The standard InChI is InChI=1S/C16H12FNO3S/c17-14-6-2-1-5-13(14)15-8-11(18-21-15)10-20-16(19)9-12-4-3-7-22-12/h1-8H,9-10H2. The van der Waals surface area contributed by atoms with Crippen molar-refractivity contribution in [3.8, 4) is 11.3 Å². The van der Waals surface area contributed by atoms with Crippen molar-refractivity contribution < 1.29 is 18.4 Å². The van der Waals surface area contributed by atoms with Crippen molar-refractivity contribution in [3.63, 3.8) is 0 Å². The summed E-state index contributed by atoms with van der Waals surface area (Å²) >= 11 is 1.50. The molecule has 112 valence electrons. The Morgan fingerprint density at radius 2 is 2.14 bits per heavy atom. The van der Waals surface area contributed by atoms with Gasteiger partial charge in [-0.2, -0.15) is 0 Å². The summed E-state index contributed by atoms with van der Waals surface area (Å²) in [4.78, 5) is 12.6. The van der Waals surface area contributed by atoms with Crippen molar-refractivity contribution in [1.29, 1.82) is 0 Å². The van der Waals surface area contributed by atoms with Gasteiger partial charge in [0.05, 0.1) is 12.0 Å². The first kappa shape index (κ1) is 14.5. The monoisotopic (exact) mass is 317 g/mol. The van der Waals surface area contributed by atoms with Crippen molar-refractivity contribution in [2.75, 3.05) is 0 Å². The molecule has 1 aromatic carbocycles. The van der Waals surface area contributed by atoms with E-state index in [4.69, 9.17) is 9.26 Å². The van der Waals surface area contributed by atoms with Gasteiger partial charge in [0.15, 0.2) is 5.76 Å². The molecule has 3 aromatic rings. The molecule has 0 radical (unpaired) electrons. The average molecular weight is 317 g/mol. The number of halogens is 1. The Labute approximate surface area is 130 Å². The Hall–Kier alpha value is -2.47. The normalized spacial score (nSPS) is 10.6. The fourth-order valence-electron chi connectivity index (χ4n) is 1.93. The number of esters is 1. The van der Waals surface area contributed by atoms with E-state index in [9.17, 15) is 9.18 Å². The Morgan fingerprint density at radius 1 is 1.27 bits per heavy atom. The highest BCUT2D eigenvalue weighted by atomic mass is 32.1. The van der Waals surface area contributed by atoms with Gasteiger partial charge in [0.1, 0.15) is 18.1 Å². The number of thiophene rings is 1. The number of rotatable bonds is 5. The lowest BCUT2D eigenvalue weighted by Gasteiger charge is -2.00. The predicted molar refractivity (Wildman–Crippen MR) is 79.7 cm³/mol. The molecule has 0 aliphatic rings. The molecular formula is C16H12FNO3S. The smallest absolute Gasteiger partial charge is 0.311 e. The molecule has 0 aliphatic heterocycles. The largest absolute Gasteiger partial charge is 0.459 e. The maximum Gasteiger partial charge on any atom is 0.311 e. The van der Waals surface area contributed by atoms with Gasteiger partial charge in [-0.05, 0) is 23.6 Å². The molecule has 0 amide bonds. The maximum absolute atomic E-state index is 13.6. The molecule has 0 aliphatic carbocycles. The van der Waals surface area contributed by atoms with Gasteiger partial charge in [0.2, 0.25) is 0 Å². The molecule has 22 heavy (non-hydrogen) atoms. The van der Waals surface area contributed by atoms with E-state index in [1.165, 1.54) is 17.4 Å². The maximum atomic E-state index is 13.6. The molecule has 0 N–H and O–H groups in total. The fraction of sp³-hybridized carbons (Fsp3) is 0.125. The van der Waals surface area contributed by atoms with Crippen LogP contribution in [0.1, 0.15) is 10.6 Å². The first-order valence-corrected chi connectivity index (χ1v) is 7.49. The Morgan fingerprint density at radius 3 is 2.91 bits per heavy atom. The molecule has 4 nitrogen and oxygen atoms in total. The van der Waals surface area contributed by atoms with Crippen LogP contribution < -0.4 is 0 Å². The van der Waals surface area contributed by atoms with Crippen molar-refractivity contribution in [2.24, 2.45) is 0 Å². The minimum absolute atomic E-state index is 0.00214. The van der Waals surface area contributed by atoms with Crippen LogP contribution in [0.15, 0.2) is 52.4 Å². The molecule has 0 saturated heterocycles. The fourth-order valence-corrected chi connectivity index (χ4v) is 2.62. The second-order valence-electron chi connectivity index (χ2n) is 4.58. The highest BCUT2D eigenvalue weighted by molar-refractivity contribution is 7.10. The van der Waals surface area contributed by atoms with Crippen LogP contribution in [0.3, 0.4) is 0 Å². The number of carbonyl (C=O) groups excluding carboxylic acids is 1. The summed E-state index contributed by atoms with van der Waals surface area (Å²) < 4.78 is 23.9. The third-order valence-electron chi connectivity index (χ3n) is 2.98. The molecule has 2 aromatic heterocycles. The Bertz CT molecular complexity index is 767. The number of ether oxygens (including phenoxy) is 1. The summed E-state index contributed by atoms with van der Waals surface area (Å²) in [5.41, 5.74) is 0.768. The van der Waals surface area contributed by atoms with Crippen LogP contribution in [-0.4, -0.2) is 11.1 Å². The van der Waals surface area contributed by atoms with Crippen molar-refractivity contribution in [1.82, 2.24) is 5.16 Å². The van der Waals surface area contributed by atoms with Gasteiger partial charge in [0, 0.05) is 10.9 Å². The molecule has 0 bridgehead atoms. The summed E-state index contributed by atoms with van der Waals surface area (Å²) in [6.07, 6.45) is 0.232. The minimum Gasteiger partial charge on any atom is -0.459 e. The molecular weight excluding hydrogens is 305 g/mol. The molecule has 2 heterocycles. The topological polar surface area (TPSA) is 52.3 Å². The van der Waals surface area contributed by atoms with Gasteiger partial charge in [0.25, 0.3) is 0 Å². The lowest BCUT2D eigenvalue weighted by Crippen LogP contribution is -2.07. The minimum atomic E-state index is -0.389. The molecule has 0 saturated carbocycles. The molecule has 3 rings (SSSR count). The van der Waals surface area contributed by atoms with E-state index in [1.807, 2.05) is 17.5 Å². The average Bonchev–Trinajstić information content (AvgIpc) is 3.17. The second kappa shape index (κ2) is 6.53. The third kappa shape index (κ3) is 3.40. The summed E-state index contributed by atoms with van der Waals surface area (Å²) in [7, 11) is 0. The number of hydrogen-bond acceptors (Lipinski definition) is 5. The number of carbonyl (C=O) groups is 1. The first-order chi connectivity index (χ1) is 10.7. The lowest BCUT2D eigenvalue weighted by atomic mass is 10.1. The number of benzene rings is 1. The van der Waals surface area contributed by atoms with Crippen molar-refractivity contribution >= 4 is 17.3 Å². The quantitative estimate of drug-likeness (QED) is 0.671. The van der Waals surface area contributed by atoms with Crippen LogP contribution in [-0.2, 0) is 22.6 Å². The van der Waals surface area contributed by atoms with Crippen LogP contribution in [0.2, 0.25) is 0 Å². The van der Waals surface area contributed by atoms with Gasteiger partial charge in [-0.3, -0.25) is 4.79 Å². The van der Waals surface area contributed by atoms with E-state index in [0.717, 1.165) is 4.88 Å². The molecule has 6 heteroatoms. The van der Waals surface area contributed by atoms with Crippen LogP contribution in [0, 0.1) is 5.82 Å². The summed E-state index contributed by atoms with van der Waals surface area (Å²) in [5.74, 6) is -0.416. The van der Waals surface area contributed by atoms with Crippen LogP contribution in [0.25, 0.3) is 11.3 Å². The molecule has 0 atom stereocenters. The van der Waals surface area contributed by atoms with E-state index in [1.54, 1.807) is 24.3 Å². The van der Waals surface area contributed by atoms with Crippen LogP contribution in [0.4, 0.5) is 4.39 Å². The van der Waals surface area contributed by atoms with E-state index < -0.39 is 0 Å². The number of aromatic nitrogens is 1. The van der Waals surface area contributed by atoms with E-state index in [2.05, 4.69) is 5.16 Å². The van der Waals surface area contributed by atoms with Crippen molar-refractivity contribution in [2.45, 2.75) is 13.0 Å². The first-order valence-electron chi connectivity index (χ1n) is 6.61. The lowest BCUT2D eigenvalue weighted by molar-refractivity contribution is -0.144. The molecule has 0 spiro atoms. The molecule has 0 fully saturated rings. The number of nitrogens with zero attached hydrogens (tertiary/aromatic N) is 1. The van der Waals surface area contributed by atoms with Gasteiger partial charge >= 0.3 is 5.97 Å². The van der Waals surface area contributed by atoms with Crippen LogP contribution >= 0.6 is 11.3 Å². The van der Waals surface area contributed by atoms with E-state index in [-0.39, 0.29) is 24.8 Å². The van der Waals surface area contributed by atoms with Gasteiger partial charge in [-0.25, -0.2) is 4.39 Å². The summed E-state index contributed by atoms with van der Waals surface area (Å²) in [6.45, 7) is 0.00214. The Kier molecular flexibility index (Phi) is 4.29. The summed E-state index contributed by atoms with van der Waals surface area (Å²) in [5, 5.41) is 5.69. The third-order valence-corrected chi connectivity index (χ3v) is 3.85. The zero-order valence-corrected chi connectivity index (χ0v) is 12.3. The predicted octanol–water partition coefficient (Wildman–Crippen LogP) is 3.83. The van der Waals surface area contributed by atoms with Gasteiger partial charge in [-0.1, -0.05) is 23.4 Å².